The van der Waals surface area contributed by atoms with Gasteiger partial charge in [-0.3, -0.25) is 0 Å². The van der Waals surface area contributed by atoms with Gasteiger partial charge in [-0.1, -0.05) is 36.0 Å². The van der Waals surface area contributed by atoms with Crippen molar-refractivity contribution in [1.82, 2.24) is 4.98 Å². The molecule has 1 heterocycles. The molecule has 0 amide bonds. The number of nitrogens with one attached hydrogen (secondary N) is 1. The Labute approximate surface area is 116 Å². The third-order valence-electron chi connectivity index (χ3n) is 2.54. The van der Waals surface area contributed by atoms with Gasteiger partial charge in [0.25, 0.3) is 0 Å². The molecular formula is C13H12ClN3S. The smallest absolute Gasteiger partial charge is 0.140 e. The van der Waals surface area contributed by atoms with Crippen molar-refractivity contribution in [2.75, 3.05) is 5.32 Å². The first-order valence-electron chi connectivity index (χ1n) is 5.36. The van der Waals surface area contributed by atoms with Gasteiger partial charge in [0.2, 0.25) is 0 Å². The van der Waals surface area contributed by atoms with E-state index < -0.39 is 0 Å². The fraction of sp³-hybridized carbons (Fsp3) is 0.0769. The predicted octanol–water partition coefficient (Wildman–Crippen LogP) is 3.42. The highest BCUT2D eigenvalue weighted by atomic mass is 35.5. The van der Waals surface area contributed by atoms with Crippen LogP contribution in [0.5, 0.6) is 0 Å². The van der Waals surface area contributed by atoms with E-state index in [0.717, 1.165) is 11.3 Å². The number of aryl methyl sites for hydroxylation is 1. The fourth-order valence-corrected chi connectivity index (χ4v) is 2.05. The summed E-state index contributed by atoms with van der Waals surface area (Å²) in [5.74, 6) is 0.612. The highest BCUT2D eigenvalue weighted by Crippen LogP contribution is 2.29. The van der Waals surface area contributed by atoms with Crippen LogP contribution in [0.3, 0.4) is 0 Å². The normalized spacial score (nSPS) is 10.1. The number of nitrogens with zero attached hydrogens (tertiary/aromatic N) is 1. The molecule has 0 saturated heterocycles. The zero-order valence-electron chi connectivity index (χ0n) is 9.77. The Bertz CT molecular complexity index is 578. The maximum absolute atomic E-state index is 6.16. The number of pyridine rings is 1. The van der Waals surface area contributed by atoms with E-state index in [-0.39, 0.29) is 0 Å². The highest BCUT2D eigenvalue weighted by Gasteiger charge is 2.09. The zero-order chi connectivity index (χ0) is 13.1. The summed E-state index contributed by atoms with van der Waals surface area (Å²) in [6.07, 6.45) is 1.68. The summed E-state index contributed by atoms with van der Waals surface area (Å²) < 4.78 is 0. The third kappa shape index (κ3) is 2.60. The molecule has 2 aromatic rings. The first-order valence-corrected chi connectivity index (χ1v) is 6.15. The van der Waals surface area contributed by atoms with Crippen molar-refractivity contribution in [3.8, 4) is 0 Å². The predicted molar refractivity (Wildman–Crippen MR) is 79.6 cm³/mol. The average molecular weight is 278 g/mol. The lowest BCUT2D eigenvalue weighted by Crippen LogP contribution is -2.13. The van der Waals surface area contributed by atoms with Crippen LogP contribution in [-0.4, -0.2) is 9.97 Å². The third-order valence-corrected chi connectivity index (χ3v) is 3.07. The Kier molecular flexibility index (Phi) is 3.79. The van der Waals surface area contributed by atoms with Gasteiger partial charge < -0.3 is 11.1 Å². The summed E-state index contributed by atoms with van der Waals surface area (Å²) in [5, 5.41) is 3.81. The largest absolute Gasteiger partial charge is 0.389 e. The number of aromatic nitrogens is 1. The molecule has 92 valence electrons. The number of anilines is 2. The first-order chi connectivity index (χ1) is 8.59. The number of thiocarbonyl (C=S) groups is 1. The summed E-state index contributed by atoms with van der Waals surface area (Å²) >= 11 is 11.2. The number of nitrogens with two attached hydrogens (primary N) is 1. The number of rotatable bonds is 3. The molecule has 0 aliphatic rings. The van der Waals surface area contributed by atoms with E-state index in [4.69, 9.17) is 29.6 Å². The van der Waals surface area contributed by atoms with Gasteiger partial charge in [0.05, 0.1) is 16.3 Å². The number of hydrogen-bond acceptors (Lipinski definition) is 3. The average Bonchev–Trinajstić information content (AvgIpc) is 2.34. The Morgan fingerprint density at radius 1 is 1.33 bits per heavy atom. The molecule has 0 fully saturated rings. The molecule has 0 radical (unpaired) electrons. The van der Waals surface area contributed by atoms with Gasteiger partial charge in [0.1, 0.15) is 10.8 Å². The Hall–Kier alpha value is -1.65. The quantitative estimate of drug-likeness (QED) is 0.844. The summed E-state index contributed by atoms with van der Waals surface area (Å²) in [6.45, 7) is 1.97. The molecule has 1 aromatic heterocycles. The van der Waals surface area contributed by atoms with Crippen LogP contribution in [0.4, 0.5) is 11.5 Å². The van der Waals surface area contributed by atoms with Gasteiger partial charge in [0, 0.05) is 6.20 Å². The van der Waals surface area contributed by atoms with Crippen molar-refractivity contribution in [3.05, 3.63) is 52.7 Å². The molecule has 0 aliphatic heterocycles. The number of benzene rings is 1. The van der Waals surface area contributed by atoms with Crippen LogP contribution in [0.1, 0.15) is 11.1 Å². The lowest BCUT2D eigenvalue weighted by atomic mass is 10.2. The Balaban J connectivity index is 2.43. The monoisotopic (exact) mass is 277 g/mol. The van der Waals surface area contributed by atoms with Crippen molar-refractivity contribution in [3.63, 3.8) is 0 Å². The summed E-state index contributed by atoms with van der Waals surface area (Å²) in [5.41, 5.74) is 8.21. The number of para-hydroxylation sites is 1. The van der Waals surface area contributed by atoms with E-state index >= 15 is 0 Å². The van der Waals surface area contributed by atoms with Crippen molar-refractivity contribution < 1.29 is 0 Å². The molecule has 3 nitrogen and oxygen atoms in total. The second kappa shape index (κ2) is 5.33. The van der Waals surface area contributed by atoms with Crippen LogP contribution in [0.2, 0.25) is 5.02 Å². The molecular weight excluding hydrogens is 266 g/mol. The van der Waals surface area contributed by atoms with Crippen LogP contribution in [0.25, 0.3) is 0 Å². The van der Waals surface area contributed by atoms with E-state index in [1.165, 1.54) is 0 Å². The molecule has 3 N–H and O–H groups in total. The highest BCUT2D eigenvalue weighted by molar-refractivity contribution is 7.80. The molecule has 1 aromatic carbocycles. The number of hydrogen-bond donors (Lipinski definition) is 2. The molecule has 0 atom stereocenters. The van der Waals surface area contributed by atoms with Crippen LogP contribution in [0, 0.1) is 6.92 Å². The maximum atomic E-state index is 6.16. The lowest BCUT2D eigenvalue weighted by Gasteiger charge is -2.13. The fourth-order valence-electron chi connectivity index (χ4n) is 1.61. The summed E-state index contributed by atoms with van der Waals surface area (Å²) in [4.78, 5) is 4.54. The van der Waals surface area contributed by atoms with Gasteiger partial charge in [-0.15, -0.1) is 0 Å². The summed E-state index contributed by atoms with van der Waals surface area (Å²) in [7, 11) is 0. The van der Waals surface area contributed by atoms with Crippen LogP contribution >= 0.6 is 23.8 Å². The lowest BCUT2D eigenvalue weighted by molar-refractivity contribution is 1.28. The van der Waals surface area contributed by atoms with Crippen LogP contribution in [-0.2, 0) is 0 Å². The summed E-state index contributed by atoms with van der Waals surface area (Å²) in [6, 6.07) is 9.30. The molecule has 0 unspecified atom stereocenters. The molecule has 18 heavy (non-hydrogen) atoms. The minimum atomic E-state index is 0.301. The molecule has 0 bridgehead atoms. The van der Waals surface area contributed by atoms with E-state index in [9.17, 15) is 0 Å². The van der Waals surface area contributed by atoms with Crippen molar-refractivity contribution >= 4 is 40.3 Å². The van der Waals surface area contributed by atoms with E-state index in [0.29, 0.717) is 21.4 Å². The SMILES string of the molecule is Cc1cccc(Cl)c1Nc1ncccc1C(N)=S. The standard InChI is InChI=1S/C13H12ClN3S/c1-8-4-2-6-10(14)11(8)17-13-9(12(15)18)5-3-7-16-13/h2-7H,1H3,(H2,15,18)(H,16,17). The molecule has 0 saturated carbocycles. The van der Waals surface area contributed by atoms with Gasteiger partial charge in [0.15, 0.2) is 0 Å². The first kappa shape index (κ1) is 12.8. The topological polar surface area (TPSA) is 50.9 Å². The maximum Gasteiger partial charge on any atom is 0.140 e. The van der Waals surface area contributed by atoms with Crippen molar-refractivity contribution in [2.45, 2.75) is 6.92 Å². The van der Waals surface area contributed by atoms with E-state index in [1.807, 2.05) is 31.2 Å². The zero-order valence-corrected chi connectivity index (χ0v) is 11.3. The van der Waals surface area contributed by atoms with E-state index in [2.05, 4.69) is 10.3 Å². The molecule has 2 rings (SSSR count). The molecule has 0 spiro atoms. The van der Waals surface area contributed by atoms with Gasteiger partial charge in [-0.05, 0) is 30.7 Å². The van der Waals surface area contributed by atoms with Gasteiger partial charge in [-0.25, -0.2) is 4.98 Å². The van der Waals surface area contributed by atoms with Crippen LogP contribution < -0.4 is 11.1 Å². The van der Waals surface area contributed by atoms with Crippen LogP contribution in [0.15, 0.2) is 36.5 Å². The number of halogens is 1. The van der Waals surface area contributed by atoms with Gasteiger partial charge in [-0.2, -0.15) is 0 Å². The van der Waals surface area contributed by atoms with E-state index in [1.54, 1.807) is 12.3 Å². The second-order valence-electron chi connectivity index (χ2n) is 3.82. The Morgan fingerprint density at radius 3 is 2.78 bits per heavy atom. The molecule has 0 aliphatic carbocycles. The second-order valence-corrected chi connectivity index (χ2v) is 4.67. The van der Waals surface area contributed by atoms with Gasteiger partial charge >= 0.3 is 0 Å². The van der Waals surface area contributed by atoms with Crippen molar-refractivity contribution in [2.24, 2.45) is 5.73 Å². The van der Waals surface area contributed by atoms with Crippen molar-refractivity contribution in [1.29, 1.82) is 0 Å². The minimum Gasteiger partial charge on any atom is -0.389 e. The molecule has 5 heteroatoms. The minimum absolute atomic E-state index is 0.301. The Morgan fingerprint density at radius 2 is 2.11 bits per heavy atom.